The number of hydrogen-bond acceptors (Lipinski definition) is 5. The van der Waals surface area contributed by atoms with Crippen LogP contribution < -0.4 is 5.32 Å². The van der Waals surface area contributed by atoms with E-state index in [-0.39, 0.29) is 5.41 Å². The van der Waals surface area contributed by atoms with Gasteiger partial charge in [-0.1, -0.05) is 27.7 Å². The van der Waals surface area contributed by atoms with E-state index in [2.05, 4.69) is 77.9 Å². The third-order valence-corrected chi connectivity index (χ3v) is 4.49. The van der Waals surface area contributed by atoms with E-state index in [0.29, 0.717) is 5.78 Å². The van der Waals surface area contributed by atoms with Gasteiger partial charge in [0.15, 0.2) is 0 Å². The van der Waals surface area contributed by atoms with Crippen molar-refractivity contribution < 1.29 is 0 Å². The fourth-order valence-electron chi connectivity index (χ4n) is 3.23. The van der Waals surface area contributed by atoms with Gasteiger partial charge in [-0.05, 0) is 24.6 Å². The summed E-state index contributed by atoms with van der Waals surface area (Å²) in [6, 6.07) is 8.23. The van der Waals surface area contributed by atoms with Crippen LogP contribution >= 0.6 is 0 Å². The SMILES string of the molecule is CCc1cc(Nc2ccc3c(c2)nc(C(C)(C)C)n3C)n2ncnc2n1. The molecule has 1 N–H and O–H groups in total. The highest BCUT2D eigenvalue weighted by molar-refractivity contribution is 5.81. The molecule has 0 spiro atoms. The Morgan fingerprint density at radius 1 is 1.12 bits per heavy atom. The number of aryl methyl sites for hydroxylation is 2. The molecular weight excluding hydrogens is 326 g/mol. The summed E-state index contributed by atoms with van der Waals surface area (Å²) >= 11 is 0. The number of rotatable bonds is 3. The Morgan fingerprint density at radius 2 is 1.92 bits per heavy atom. The van der Waals surface area contributed by atoms with Gasteiger partial charge in [0.05, 0.1) is 11.0 Å². The highest BCUT2D eigenvalue weighted by Crippen LogP contribution is 2.28. The fourth-order valence-corrected chi connectivity index (χ4v) is 3.23. The predicted octanol–water partition coefficient (Wildman–Crippen LogP) is 3.61. The molecule has 0 unspecified atom stereocenters. The number of benzene rings is 1. The molecule has 0 fully saturated rings. The van der Waals surface area contributed by atoms with Crippen molar-refractivity contribution >= 4 is 28.3 Å². The molecule has 4 rings (SSSR count). The quantitative estimate of drug-likeness (QED) is 0.611. The Morgan fingerprint density at radius 3 is 2.65 bits per heavy atom. The summed E-state index contributed by atoms with van der Waals surface area (Å²) in [5, 5.41) is 7.70. The van der Waals surface area contributed by atoms with Crippen LogP contribution in [-0.2, 0) is 18.9 Å². The minimum atomic E-state index is -0.00458. The summed E-state index contributed by atoms with van der Waals surface area (Å²) in [6.07, 6.45) is 2.36. The molecule has 4 aromatic rings. The lowest BCUT2D eigenvalue weighted by Crippen LogP contribution is -2.17. The molecule has 0 aliphatic carbocycles. The Labute approximate surface area is 152 Å². The molecule has 0 aliphatic heterocycles. The Kier molecular flexibility index (Phi) is 3.68. The van der Waals surface area contributed by atoms with Gasteiger partial charge in [0.1, 0.15) is 18.0 Å². The highest BCUT2D eigenvalue weighted by atomic mass is 15.4. The third kappa shape index (κ3) is 2.69. The number of nitrogens with zero attached hydrogens (tertiary/aromatic N) is 6. The molecule has 7 nitrogen and oxygen atoms in total. The van der Waals surface area contributed by atoms with Crippen molar-refractivity contribution in [1.82, 2.24) is 29.1 Å². The van der Waals surface area contributed by atoms with E-state index in [4.69, 9.17) is 4.98 Å². The minimum Gasteiger partial charge on any atom is -0.340 e. The summed E-state index contributed by atoms with van der Waals surface area (Å²) in [6.45, 7) is 8.61. The van der Waals surface area contributed by atoms with Crippen LogP contribution in [-0.4, -0.2) is 29.1 Å². The molecule has 3 heterocycles. The van der Waals surface area contributed by atoms with Gasteiger partial charge in [-0.2, -0.15) is 14.6 Å². The second kappa shape index (κ2) is 5.79. The van der Waals surface area contributed by atoms with Crippen LogP contribution in [0.2, 0.25) is 0 Å². The molecule has 7 heteroatoms. The van der Waals surface area contributed by atoms with Crippen molar-refractivity contribution in [3.63, 3.8) is 0 Å². The highest BCUT2D eigenvalue weighted by Gasteiger charge is 2.21. The summed E-state index contributed by atoms with van der Waals surface area (Å²) in [5.41, 5.74) is 4.02. The van der Waals surface area contributed by atoms with Crippen LogP contribution in [0.3, 0.4) is 0 Å². The normalized spacial score (nSPS) is 12.2. The zero-order valence-corrected chi connectivity index (χ0v) is 15.8. The largest absolute Gasteiger partial charge is 0.340 e. The molecule has 3 aromatic heterocycles. The molecule has 26 heavy (non-hydrogen) atoms. The maximum absolute atomic E-state index is 4.85. The lowest BCUT2D eigenvalue weighted by Gasteiger charge is -2.17. The van der Waals surface area contributed by atoms with Crippen molar-refractivity contribution in [2.75, 3.05) is 5.32 Å². The number of anilines is 2. The van der Waals surface area contributed by atoms with Crippen LogP contribution in [0.25, 0.3) is 16.8 Å². The number of hydrogen-bond donors (Lipinski definition) is 1. The third-order valence-electron chi connectivity index (χ3n) is 4.49. The first kappa shape index (κ1) is 16.5. The van der Waals surface area contributed by atoms with E-state index >= 15 is 0 Å². The van der Waals surface area contributed by atoms with E-state index < -0.39 is 0 Å². The van der Waals surface area contributed by atoms with Gasteiger partial charge in [0, 0.05) is 29.9 Å². The maximum Gasteiger partial charge on any atom is 0.254 e. The molecule has 0 saturated carbocycles. The minimum absolute atomic E-state index is 0.00458. The number of fused-ring (bicyclic) bond motifs is 2. The zero-order chi connectivity index (χ0) is 18.5. The van der Waals surface area contributed by atoms with Crippen molar-refractivity contribution in [1.29, 1.82) is 0 Å². The maximum atomic E-state index is 4.85. The van der Waals surface area contributed by atoms with Crippen molar-refractivity contribution in [2.45, 2.75) is 39.5 Å². The summed E-state index contributed by atoms with van der Waals surface area (Å²) in [5.74, 6) is 2.51. The van der Waals surface area contributed by atoms with Gasteiger partial charge < -0.3 is 9.88 Å². The molecule has 0 bridgehead atoms. The average molecular weight is 349 g/mol. The van der Waals surface area contributed by atoms with Crippen LogP contribution in [0.15, 0.2) is 30.6 Å². The van der Waals surface area contributed by atoms with Gasteiger partial charge in [0.25, 0.3) is 5.78 Å². The lowest BCUT2D eigenvalue weighted by molar-refractivity contribution is 0.526. The molecule has 0 aliphatic rings. The summed E-state index contributed by atoms with van der Waals surface area (Å²) < 4.78 is 3.87. The van der Waals surface area contributed by atoms with Crippen LogP contribution in [0, 0.1) is 0 Å². The Bertz CT molecular complexity index is 1100. The van der Waals surface area contributed by atoms with Gasteiger partial charge in [0.2, 0.25) is 0 Å². The van der Waals surface area contributed by atoms with Gasteiger partial charge in [-0.25, -0.2) is 9.97 Å². The molecule has 0 radical (unpaired) electrons. The monoisotopic (exact) mass is 349 g/mol. The molecular formula is C19H23N7. The van der Waals surface area contributed by atoms with Gasteiger partial charge in [-0.3, -0.25) is 0 Å². The fraction of sp³-hybridized carbons (Fsp3) is 0.368. The number of aromatic nitrogens is 6. The molecule has 0 saturated heterocycles. The van der Waals surface area contributed by atoms with Crippen LogP contribution in [0.5, 0.6) is 0 Å². The van der Waals surface area contributed by atoms with Crippen molar-refractivity contribution in [2.24, 2.45) is 7.05 Å². The van der Waals surface area contributed by atoms with Crippen LogP contribution in [0.4, 0.5) is 11.5 Å². The molecule has 0 amide bonds. The second-order valence-electron chi connectivity index (χ2n) is 7.53. The second-order valence-corrected chi connectivity index (χ2v) is 7.53. The average Bonchev–Trinajstić information content (AvgIpc) is 3.19. The zero-order valence-electron chi connectivity index (χ0n) is 15.8. The van der Waals surface area contributed by atoms with Gasteiger partial charge in [-0.15, -0.1) is 0 Å². The number of imidazole rings is 1. The van der Waals surface area contributed by atoms with E-state index in [1.54, 1.807) is 4.52 Å². The standard InChI is InChI=1S/C19H23N7/c1-6-12-10-16(26-18(23-12)20-11-21-26)22-13-7-8-15-14(9-13)24-17(25(15)5)19(2,3)4/h7-11,22H,6H2,1-5H3. The van der Waals surface area contributed by atoms with E-state index in [0.717, 1.165) is 40.5 Å². The molecule has 1 aromatic carbocycles. The molecule has 0 atom stereocenters. The lowest BCUT2D eigenvalue weighted by atomic mass is 9.96. The van der Waals surface area contributed by atoms with E-state index in [1.165, 1.54) is 6.33 Å². The first-order valence-corrected chi connectivity index (χ1v) is 8.80. The van der Waals surface area contributed by atoms with Crippen molar-refractivity contribution in [3.8, 4) is 0 Å². The Balaban J connectivity index is 1.78. The molecule has 134 valence electrons. The summed E-state index contributed by atoms with van der Waals surface area (Å²) in [7, 11) is 2.07. The van der Waals surface area contributed by atoms with E-state index in [9.17, 15) is 0 Å². The summed E-state index contributed by atoms with van der Waals surface area (Å²) in [4.78, 5) is 13.5. The van der Waals surface area contributed by atoms with Crippen molar-refractivity contribution in [3.05, 3.63) is 42.1 Å². The smallest absolute Gasteiger partial charge is 0.254 e. The topological polar surface area (TPSA) is 72.9 Å². The Hall–Kier alpha value is -2.96. The first-order chi connectivity index (χ1) is 12.4. The van der Waals surface area contributed by atoms with Gasteiger partial charge >= 0.3 is 0 Å². The predicted molar refractivity (Wildman–Crippen MR) is 103 cm³/mol. The van der Waals surface area contributed by atoms with E-state index in [1.807, 2.05) is 6.07 Å². The van der Waals surface area contributed by atoms with Crippen LogP contribution in [0.1, 0.15) is 39.2 Å². The number of nitrogens with one attached hydrogen (secondary N) is 1. The first-order valence-electron chi connectivity index (χ1n) is 8.80.